The summed E-state index contributed by atoms with van der Waals surface area (Å²) in [7, 11) is 0. The third-order valence-electron chi connectivity index (χ3n) is 3.85. The van der Waals surface area contributed by atoms with E-state index in [0.717, 1.165) is 12.8 Å². The van der Waals surface area contributed by atoms with Crippen molar-refractivity contribution in [1.29, 1.82) is 0 Å². The van der Waals surface area contributed by atoms with Crippen molar-refractivity contribution in [3.8, 4) is 0 Å². The summed E-state index contributed by atoms with van der Waals surface area (Å²) >= 11 is 3.22. The normalized spacial score (nSPS) is 21.1. The number of hydrogen-bond donors (Lipinski definition) is 1. The minimum absolute atomic E-state index is 0. The molecule has 8 heteroatoms. The number of amides is 1. The van der Waals surface area contributed by atoms with Gasteiger partial charge in [0, 0.05) is 41.3 Å². The fourth-order valence-corrected chi connectivity index (χ4v) is 3.19. The van der Waals surface area contributed by atoms with Crippen LogP contribution in [0.3, 0.4) is 0 Å². The predicted octanol–water partition coefficient (Wildman–Crippen LogP) is 2.98. The van der Waals surface area contributed by atoms with Crippen LogP contribution in [0, 0.1) is 16.0 Å². The molecule has 0 aromatic heterocycles. The maximum Gasteiger partial charge on any atom is 0.271 e. The van der Waals surface area contributed by atoms with Gasteiger partial charge in [-0.1, -0.05) is 22.9 Å². The molecule has 0 saturated carbocycles. The Hall–Kier alpha value is -1.18. The molecule has 2 N–H and O–H groups in total. The number of nitro groups is 1. The number of hydrogen-bond acceptors (Lipinski definition) is 4. The first-order valence-electron chi connectivity index (χ1n) is 6.88. The maximum atomic E-state index is 12.6. The quantitative estimate of drug-likeness (QED) is 0.632. The molecule has 6 nitrogen and oxygen atoms in total. The molecule has 122 valence electrons. The summed E-state index contributed by atoms with van der Waals surface area (Å²) in [5.74, 6) is 0.348. The molecule has 1 aliphatic heterocycles. The number of carbonyl (C=O) groups excluding carboxylic acids is 1. The van der Waals surface area contributed by atoms with Crippen molar-refractivity contribution < 1.29 is 9.72 Å². The second-order valence-electron chi connectivity index (χ2n) is 5.47. The Morgan fingerprint density at radius 1 is 1.50 bits per heavy atom. The smallest absolute Gasteiger partial charge is 0.271 e. The van der Waals surface area contributed by atoms with Crippen LogP contribution in [0.4, 0.5) is 5.69 Å². The van der Waals surface area contributed by atoms with E-state index < -0.39 is 4.92 Å². The molecule has 1 heterocycles. The summed E-state index contributed by atoms with van der Waals surface area (Å²) in [6, 6.07) is 4.31. The lowest BCUT2D eigenvalue weighted by Gasteiger charge is -2.38. The Morgan fingerprint density at radius 3 is 2.77 bits per heavy atom. The zero-order valence-corrected chi connectivity index (χ0v) is 14.6. The van der Waals surface area contributed by atoms with E-state index in [-0.39, 0.29) is 30.0 Å². The largest absolute Gasteiger partial charge is 0.334 e. The topological polar surface area (TPSA) is 89.5 Å². The molecule has 2 unspecified atom stereocenters. The first kappa shape index (κ1) is 18.9. The van der Waals surface area contributed by atoms with E-state index in [4.69, 9.17) is 5.73 Å². The number of likely N-dealkylation sites (tertiary alicyclic amines) is 1. The molecular weight excluding hydrogens is 374 g/mol. The van der Waals surface area contributed by atoms with E-state index in [1.54, 1.807) is 11.0 Å². The minimum Gasteiger partial charge on any atom is -0.334 e. The molecule has 2 rings (SSSR count). The third kappa shape index (κ3) is 4.18. The SMILES string of the molecule is CC1CCN(C(=O)c2cc(Br)cc([N+](=O)[O-])c2)C(CN)C1.Cl. The Bertz CT molecular complexity index is 570. The highest BCUT2D eigenvalue weighted by atomic mass is 79.9. The number of rotatable bonds is 3. The third-order valence-corrected chi connectivity index (χ3v) is 4.31. The van der Waals surface area contributed by atoms with E-state index >= 15 is 0 Å². The zero-order valence-electron chi connectivity index (χ0n) is 12.2. The van der Waals surface area contributed by atoms with Gasteiger partial charge in [-0.3, -0.25) is 14.9 Å². The molecule has 0 radical (unpaired) electrons. The molecule has 1 aromatic rings. The fourth-order valence-electron chi connectivity index (χ4n) is 2.71. The van der Waals surface area contributed by atoms with Gasteiger partial charge in [0.15, 0.2) is 0 Å². The predicted molar refractivity (Wildman–Crippen MR) is 90.3 cm³/mol. The Labute approximate surface area is 143 Å². The van der Waals surface area contributed by atoms with E-state index in [0.29, 0.717) is 29.0 Å². The molecule has 0 aliphatic carbocycles. The van der Waals surface area contributed by atoms with Gasteiger partial charge in [-0.2, -0.15) is 0 Å². The number of benzene rings is 1. The van der Waals surface area contributed by atoms with Crippen molar-refractivity contribution in [1.82, 2.24) is 4.90 Å². The molecule has 1 amide bonds. The van der Waals surface area contributed by atoms with Crippen LogP contribution in [0.1, 0.15) is 30.1 Å². The van der Waals surface area contributed by atoms with Crippen LogP contribution in [0.15, 0.2) is 22.7 Å². The number of nitrogens with zero attached hydrogens (tertiary/aromatic N) is 2. The highest BCUT2D eigenvalue weighted by Crippen LogP contribution is 2.26. The van der Waals surface area contributed by atoms with Crippen LogP contribution in [0.2, 0.25) is 0 Å². The van der Waals surface area contributed by atoms with E-state index in [2.05, 4.69) is 22.9 Å². The van der Waals surface area contributed by atoms with Gasteiger partial charge < -0.3 is 10.6 Å². The number of halogens is 2. The van der Waals surface area contributed by atoms with E-state index in [1.165, 1.54) is 12.1 Å². The molecule has 1 saturated heterocycles. The summed E-state index contributed by atoms with van der Waals surface area (Å²) in [4.78, 5) is 24.8. The number of nitro benzene ring substituents is 1. The van der Waals surface area contributed by atoms with Gasteiger partial charge in [-0.15, -0.1) is 12.4 Å². The second kappa shape index (κ2) is 7.89. The Morgan fingerprint density at radius 2 is 2.18 bits per heavy atom. The van der Waals surface area contributed by atoms with Gasteiger partial charge in [-0.05, 0) is 24.8 Å². The van der Waals surface area contributed by atoms with Crippen molar-refractivity contribution >= 4 is 39.9 Å². The van der Waals surface area contributed by atoms with E-state index in [1.807, 2.05) is 0 Å². The maximum absolute atomic E-state index is 12.6. The second-order valence-corrected chi connectivity index (χ2v) is 6.39. The van der Waals surface area contributed by atoms with Gasteiger partial charge in [-0.25, -0.2) is 0 Å². The van der Waals surface area contributed by atoms with Gasteiger partial charge >= 0.3 is 0 Å². The molecule has 1 aromatic carbocycles. The highest BCUT2D eigenvalue weighted by Gasteiger charge is 2.30. The zero-order chi connectivity index (χ0) is 15.6. The molecule has 2 atom stereocenters. The van der Waals surface area contributed by atoms with Gasteiger partial charge in [0.1, 0.15) is 0 Å². The van der Waals surface area contributed by atoms with Gasteiger partial charge in [0.05, 0.1) is 4.92 Å². The lowest BCUT2D eigenvalue weighted by molar-refractivity contribution is -0.385. The van der Waals surface area contributed by atoms with Crippen LogP contribution in [-0.2, 0) is 0 Å². The van der Waals surface area contributed by atoms with Crippen molar-refractivity contribution in [3.63, 3.8) is 0 Å². The van der Waals surface area contributed by atoms with Crippen LogP contribution in [0.5, 0.6) is 0 Å². The lowest BCUT2D eigenvalue weighted by Crippen LogP contribution is -2.49. The highest BCUT2D eigenvalue weighted by molar-refractivity contribution is 9.10. The molecule has 0 spiro atoms. The summed E-state index contributed by atoms with van der Waals surface area (Å²) in [6.45, 7) is 3.20. The summed E-state index contributed by atoms with van der Waals surface area (Å²) in [5, 5.41) is 10.9. The monoisotopic (exact) mass is 391 g/mol. The summed E-state index contributed by atoms with van der Waals surface area (Å²) in [5.41, 5.74) is 6.00. The number of non-ortho nitro benzene ring substituents is 1. The molecule has 1 aliphatic rings. The molecule has 1 fully saturated rings. The van der Waals surface area contributed by atoms with Crippen LogP contribution in [-0.4, -0.2) is 34.9 Å². The number of carbonyl (C=O) groups is 1. The van der Waals surface area contributed by atoms with Crippen molar-refractivity contribution in [2.24, 2.45) is 11.7 Å². The van der Waals surface area contributed by atoms with Crippen molar-refractivity contribution in [2.45, 2.75) is 25.8 Å². The Kier molecular flexibility index (Phi) is 6.77. The van der Waals surface area contributed by atoms with Crippen molar-refractivity contribution in [2.75, 3.05) is 13.1 Å². The first-order valence-corrected chi connectivity index (χ1v) is 7.67. The van der Waals surface area contributed by atoms with Crippen LogP contribution < -0.4 is 5.73 Å². The minimum atomic E-state index is -0.500. The molecule has 0 bridgehead atoms. The van der Waals surface area contributed by atoms with Crippen LogP contribution >= 0.6 is 28.3 Å². The lowest BCUT2D eigenvalue weighted by atomic mass is 9.92. The fraction of sp³-hybridized carbons (Fsp3) is 0.500. The standard InChI is InChI=1S/C14H18BrN3O3.ClH/c1-9-2-3-17(13(4-9)8-16)14(19)10-5-11(15)7-12(6-10)18(20)21;/h5-7,9,13H,2-4,8,16H2,1H3;1H. The first-order chi connectivity index (χ1) is 9.92. The summed E-state index contributed by atoms with van der Waals surface area (Å²) < 4.78 is 0.523. The van der Waals surface area contributed by atoms with Gasteiger partial charge in [0.25, 0.3) is 11.6 Å². The Balaban J connectivity index is 0.00000242. The molecular formula is C14H19BrClN3O3. The van der Waals surface area contributed by atoms with Crippen molar-refractivity contribution in [3.05, 3.63) is 38.3 Å². The number of nitrogens with two attached hydrogens (primary N) is 1. The van der Waals surface area contributed by atoms with E-state index in [9.17, 15) is 14.9 Å². The average Bonchev–Trinajstić information content (AvgIpc) is 2.45. The van der Waals surface area contributed by atoms with Crippen LogP contribution in [0.25, 0.3) is 0 Å². The molecule has 22 heavy (non-hydrogen) atoms. The van der Waals surface area contributed by atoms with Gasteiger partial charge in [0.2, 0.25) is 0 Å². The average molecular weight is 393 g/mol. The number of piperidine rings is 1. The summed E-state index contributed by atoms with van der Waals surface area (Å²) in [6.07, 6.45) is 1.80.